The predicted octanol–water partition coefficient (Wildman–Crippen LogP) is -0.0959. The van der Waals surface area contributed by atoms with Crippen LogP contribution in [0.3, 0.4) is 0 Å². The molecule has 2 atom stereocenters. The second-order valence-electron chi connectivity index (χ2n) is 4.51. The molecule has 0 radical (unpaired) electrons. The van der Waals surface area contributed by atoms with E-state index in [-0.39, 0.29) is 12.8 Å². The molecule has 0 aliphatic heterocycles. The van der Waals surface area contributed by atoms with Gasteiger partial charge in [-0.3, -0.25) is 14.4 Å². The van der Waals surface area contributed by atoms with Crippen LogP contribution in [0, 0.1) is 0 Å². The van der Waals surface area contributed by atoms with E-state index in [0.29, 0.717) is 6.42 Å². The Kier molecular flexibility index (Phi) is 9.15. The molecule has 0 fully saturated rings. The zero-order chi connectivity index (χ0) is 17.1. The minimum absolute atomic E-state index is 0.0231. The van der Waals surface area contributed by atoms with Crippen molar-refractivity contribution in [1.29, 1.82) is 0 Å². The van der Waals surface area contributed by atoms with Crippen molar-refractivity contribution in [3.63, 3.8) is 0 Å². The Labute approximate surface area is 127 Å². The Morgan fingerprint density at radius 2 is 1.41 bits per heavy atom. The predicted molar refractivity (Wildman–Crippen MR) is 78.2 cm³/mol. The minimum Gasteiger partial charge on any atom is -0.481 e. The average molecular weight is 312 g/mol. The summed E-state index contributed by atoms with van der Waals surface area (Å²) >= 11 is 0. The summed E-state index contributed by atoms with van der Waals surface area (Å²) in [6, 6.07) is 7.48. The molecular weight excluding hydrogens is 292 g/mol. The van der Waals surface area contributed by atoms with E-state index in [9.17, 15) is 14.4 Å². The van der Waals surface area contributed by atoms with E-state index >= 15 is 0 Å². The van der Waals surface area contributed by atoms with E-state index < -0.39 is 30.0 Å². The lowest BCUT2D eigenvalue weighted by Crippen LogP contribution is -2.32. The first-order valence-electron chi connectivity index (χ1n) is 6.46. The van der Waals surface area contributed by atoms with E-state index in [1.165, 1.54) is 0 Å². The first-order valence-corrected chi connectivity index (χ1v) is 6.46. The normalized spacial score (nSPS) is 12.5. The highest BCUT2D eigenvalue weighted by Crippen LogP contribution is 2.01. The Balaban J connectivity index is 0.000000409. The van der Waals surface area contributed by atoms with Crippen LogP contribution in [0.5, 0.6) is 0 Å². The van der Waals surface area contributed by atoms with Crippen LogP contribution in [0.1, 0.15) is 18.4 Å². The summed E-state index contributed by atoms with van der Waals surface area (Å²) < 4.78 is 0. The first-order chi connectivity index (χ1) is 10.2. The number of nitrogens with two attached hydrogens (primary N) is 2. The van der Waals surface area contributed by atoms with Gasteiger partial charge < -0.3 is 26.8 Å². The number of aliphatic carboxylic acids is 3. The largest absolute Gasteiger partial charge is 0.481 e. The van der Waals surface area contributed by atoms with E-state index in [1.54, 1.807) is 0 Å². The number of carbonyl (C=O) groups is 3. The SMILES string of the molecule is N[C@H](CCC(=O)O)C(=O)O.N[C@H](Cc1ccccc1)C(=O)O. The summed E-state index contributed by atoms with van der Waals surface area (Å²) in [5, 5.41) is 24.8. The quantitative estimate of drug-likeness (QED) is 0.466. The van der Waals surface area contributed by atoms with Gasteiger partial charge >= 0.3 is 17.9 Å². The molecule has 1 aromatic carbocycles. The highest BCUT2D eigenvalue weighted by atomic mass is 16.4. The van der Waals surface area contributed by atoms with Gasteiger partial charge in [0, 0.05) is 6.42 Å². The van der Waals surface area contributed by atoms with Gasteiger partial charge in [-0.25, -0.2) is 0 Å². The molecule has 0 aliphatic rings. The van der Waals surface area contributed by atoms with E-state index in [0.717, 1.165) is 5.56 Å². The van der Waals surface area contributed by atoms with Gasteiger partial charge in [0.15, 0.2) is 0 Å². The maximum atomic E-state index is 10.4. The topological polar surface area (TPSA) is 164 Å². The molecule has 1 rings (SSSR count). The van der Waals surface area contributed by atoms with Crippen LogP contribution in [0.4, 0.5) is 0 Å². The molecule has 0 saturated carbocycles. The number of hydrogen-bond acceptors (Lipinski definition) is 5. The molecule has 0 saturated heterocycles. The van der Waals surface area contributed by atoms with Crippen molar-refractivity contribution >= 4 is 17.9 Å². The van der Waals surface area contributed by atoms with Crippen molar-refractivity contribution in [2.75, 3.05) is 0 Å². The van der Waals surface area contributed by atoms with Crippen LogP contribution in [-0.2, 0) is 20.8 Å². The summed E-state index contributed by atoms with van der Waals surface area (Å²) in [5.41, 5.74) is 11.3. The van der Waals surface area contributed by atoms with Crippen molar-refractivity contribution in [2.45, 2.75) is 31.3 Å². The van der Waals surface area contributed by atoms with E-state index in [1.807, 2.05) is 30.3 Å². The molecule has 122 valence electrons. The lowest BCUT2D eigenvalue weighted by atomic mass is 10.1. The molecule has 8 nitrogen and oxygen atoms in total. The third kappa shape index (κ3) is 9.45. The second kappa shape index (κ2) is 10.3. The molecule has 7 N–H and O–H groups in total. The number of benzene rings is 1. The fourth-order valence-electron chi connectivity index (χ4n) is 1.36. The Morgan fingerprint density at radius 3 is 1.82 bits per heavy atom. The van der Waals surface area contributed by atoms with Gasteiger partial charge in [-0.2, -0.15) is 0 Å². The number of carboxylic acid groups (broad SMARTS) is 3. The monoisotopic (exact) mass is 312 g/mol. The van der Waals surface area contributed by atoms with Gasteiger partial charge in [0.25, 0.3) is 0 Å². The summed E-state index contributed by atoms with van der Waals surface area (Å²) in [5.74, 6) is -3.16. The van der Waals surface area contributed by atoms with Crippen LogP contribution < -0.4 is 11.5 Å². The molecule has 0 spiro atoms. The molecule has 8 heteroatoms. The summed E-state index contributed by atoms with van der Waals surface area (Å²) in [6.45, 7) is 0. The smallest absolute Gasteiger partial charge is 0.320 e. The molecule has 0 heterocycles. The third-order valence-electron chi connectivity index (χ3n) is 2.60. The Hall–Kier alpha value is -2.45. The van der Waals surface area contributed by atoms with E-state index in [2.05, 4.69) is 0 Å². The number of hydrogen-bond donors (Lipinski definition) is 5. The lowest BCUT2D eigenvalue weighted by molar-refractivity contribution is -0.140. The summed E-state index contributed by atoms with van der Waals surface area (Å²) in [6.07, 6.45) is 0.161. The van der Waals surface area contributed by atoms with Crippen molar-refractivity contribution in [3.05, 3.63) is 35.9 Å². The molecule has 0 amide bonds. The zero-order valence-corrected chi connectivity index (χ0v) is 11.9. The van der Waals surface area contributed by atoms with Gasteiger partial charge in [0.2, 0.25) is 0 Å². The number of rotatable bonds is 7. The van der Waals surface area contributed by atoms with Crippen LogP contribution in [0.15, 0.2) is 30.3 Å². The molecule has 0 bridgehead atoms. The van der Waals surface area contributed by atoms with Crippen LogP contribution in [0.2, 0.25) is 0 Å². The van der Waals surface area contributed by atoms with Gasteiger partial charge in [-0.1, -0.05) is 30.3 Å². The summed E-state index contributed by atoms with van der Waals surface area (Å²) in [7, 11) is 0. The maximum Gasteiger partial charge on any atom is 0.320 e. The van der Waals surface area contributed by atoms with Gasteiger partial charge in [-0.05, 0) is 18.4 Å². The highest BCUT2D eigenvalue weighted by molar-refractivity contribution is 5.74. The standard InChI is InChI=1S/C9H11NO2.C5H9NO4/c10-8(9(11)12)6-7-4-2-1-3-5-7;6-3(5(9)10)1-2-4(7)8/h1-5,8H,6,10H2,(H,11,12);3H,1-2,6H2,(H,7,8)(H,9,10)/t8-;3-/m11/s1. The Bertz CT molecular complexity index is 491. The van der Waals surface area contributed by atoms with E-state index in [4.69, 9.17) is 26.8 Å². The van der Waals surface area contributed by atoms with Crippen molar-refractivity contribution in [1.82, 2.24) is 0 Å². The molecule has 1 aromatic rings. The summed E-state index contributed by atoms with van der Waals surface area (Å²) in [4.78, 5) is 30.3. The van der Waals surface area contributed by atoms with Crippen molar-refractivity contribution in [2.24, 2.45) is 11.5 Å². The third-order valence-corrected chi connectivity index (χ3v) is 2.60. The zero-order valence-electron chi connectivity index (χ0n) is 11.9. The lowest BCUT2D eigenvalue weighted by Gasteiger charge is -2.04. The molecular formula is C14H20N2O6. The average Bonchev–Trinajstić information content (AvgIpc) is 2.46. The Morgan fingerprint density at radius 1 is 0.909 bits per heavy atom. The van der Waals surface area contributed by atoms with Gasteiger partial charge in [0.1, 0.15) is 12.1 Å². The van der Waals surface area contributed by atoms with Gasteiger partial charge in [0.05, 0.1) is 0 Å². The van der Waals surface area contributed by atoms with Gasteiger partial charge in [-0.15, -0.1) is 0 Å². The first kappa shape index (κ1) is 19.6. The molecule has 0 aliphatic carbocycles. The molecule has 0 aromatic heterocycles. The number of carboxylic acids is 3. The van der Waals surface area contributed by atoms with Crippen LogP contribution >= 0.6 is 0 Å². The highest BCUT2D eigenvalue weighted by Gasteiger charge is 2.12. The fourth-order valence-corrected chi connectivity index (χ4v) is 1.36. The van der Waals surface area contributed by atoms with Crippen molar-refractivity contribution < 1.29 is 29.7 Å². The van der Waals surface area contributed by atoms with Crippen LogP contribution in [-0.4, -0.2) is 45.3 Å². The second-order valence-corrected chi connectivity index (χ2v) is 4.51. The molecule has 0 unspecified atom stereocenters. The maximum absolute atomic E-state index is 10.4. The van der Waals surface area contributed by atoms with Crippen molar-refractivity contribution in [3.8, 4) is 0 Å². The van der Waals surface area contributed by atoms with Crippen LogP contribution in [0.25, 0.3) is 0 Å². The molecule has 22 heavy (non-hydrogen) atoms. The minimum atomic E-state index is -1.17. The fraction of sp³-hybridized carbons (Fsp3) is 0.357.